The molecule has 0 spiro atoms. The molecule has 2 aromatic rings. The van der Waals surface area contributed by atoms with E-state index in [-0.39, 0.29) is 11.1 Å². The maximum Gasteiger partial charge on any atom is 0.348 e. The molecule has 21 heavy (non-hydrogen) atoms. The second-order valence-corrected chi connectivity index (χ2v) is 6.45. The van der Waals surface area contributed by atoms with Gasteiger partial charge in [-0.25, -0.2) is 4.79 Å². The van der Waals surface area contributed by atoms with Crippen LogP contribution in [0.1, 0.15) is 32.9 Å². The van der Waals surface area contributed by atoms with Crippen molar-refractivity contribution in [3.8, 4) is 0 Å². The Morgan fingerprint density at radius 2 is 1.90 bits per heavy atom. The fraction of sp³-hybridized carbons (Fsp3) is 0.529. The predicted molar refractivity (Wildman–Crippen MR) is 87.9 cm³/mol. The van der Waals surface area contributed by atoms with E-state index in [1.807, 2.05) is 32.3 Å². The summed E-state index contributed by atoms with van der Waals surface area (Å²) >= 11 is 0. The Bertz CT molecular complexity index is 686. The molecule has 0 saturated carbocycles. The van der Waals surface area contributed by atoms with E-state index in [1.165, 1.54) is 0 Å². The molecule has 0 radical (unpaired) electrons. The van der Waals surface area contributed by atoms with Crippen molar-refractivity contribution in [1.29, 1.82) is 0 Å². The van der Waals surface area contributed by atoms with Crippen LogP contribution in [0.5, 0.6) is 0 Å². The molecule has 0 saturated heterocycles. The molecule has 1 heterocycles. The first kappa shape index (κ1) is 15.7. The molecule has 1 aromatic carbocycles. The van der Waals surface area contributed by atoms with Crippen molar-refractivity contribution in [2.75, 3.05) is 20.6 Å². The van der Waals surface area contributed by atoms with E-state index in [0.717, 1.165) is 29.6 Å². The molecule has 0 aliphatic heterocycles. The zero-order valence-corrected chi connectivity index (χ0v) is 13.7. The van der Waals surface area contributed by atoms with Gasteiger partial charge in [0.05, 0.1) is 11.2 Å². The molecule has 4 heteroatoms. The van der Waals surface area contributed by atoms with Gasteiger partial charge in [0.25, 0.3) is 0 Å². The van der Waals surface area contributed by atoms with E-state index < -0.39 is 0 Å². The van der Waals surface area contributed by atoms with Crippen molar-refractivity contribution in [3.05, 3.63) is 40.4 Å². The predicted octanol–water partition coefficient (Wildman–Crippen LogP) is 2.65. The Balaban J connectivity index is 2.67. The van der Waals surface area contributed by atoms with Crippen molar-refractivity contribution in [3.63, 3.8) is 0 Å². The third-order valence-electron chi connectivity index (χ3n) is 4.18. The molecular formula is C17H25N3O. The van der Waals surface area contributed by atoms with Crippen LogP contribution in [-0.2, 0) is 12.0 Å². The summed E-state index contributed by atoms with van der Waals surface area (Å²) in [7, 11) is 4.02. The molecule has 114 valence electrons. The Kier molecular flexibility index (Phi) is 4.47. The fourth-order valence-corrected chi connectivity index (χ4v) is 2.43. The third-order valence-corrected chi connectivity index (χ3v) is 4.18. The van der Waals surface area contributed by atoms with Crippen LogP contribution in [0.25, 0.3) is 10.9 Å². The van der Waals surface area contributed by atoms with Gasteiger partial charge in [0.15, 0.2) is 0 Å². The van der Waals surface area contributed by atoms with Crippen molar-refractivity contribution in [1.82, 2.24) is 14.5 Å². The molecule has 0 bridgehead atoms. The lowest BCUT2D eigenvalue weighted by molar-refractivity contribution is 0.381. The second-order valence-electron chi connectivity index (χ2n) is 6.45. The summed E-state index contributed by atoms with van der Waals surface area (Å²) < 4.78 is 1.78. The quantitative estimate of drug-likeness (QED) is 0.848. The molecule has 0 aliphatic rings. The number of benzene rings is 1. The summed E-state index contributed by atoms with van der Waals surface area (Å²) in [5.41, 5.74) is 1.65. The standard InChI is InChI=1S/C17H25N3O/c1-6-17(2,3)15-13-9-7-8-10-14(13)20(16(21)18-15)12-11-19(4)5/h7-10H,6,11-12H2,1-5H3. The average molecular weight is 287 g/mol. The van der Waals surface area contributed by atoms with E-state index in [2.05, 4.69) is 36.7 Å². The maximum atomic E-state index is 12.5. The van der Waals surface area contributed by atoms with Gasteiger partial charge in [-0.3, -0.25) is 4.57 Å². The van der Waals surface area contributed by atoms with Crippen molar-refractivity contribution < 1.29 is 0 Å². The summed E-state index contributed by atoms with van der Waals surface area (Å²) in [4.78, 5) is 18.9. The first-order valence-electron chi connectivity index (χ1n) is 7.51. The molecule has 0 unspecified atom stereocenters. The highest BCUT2D eigenvalue weighted by atomic mass is 16.1. The summed E-state index contributed by atoms with van der Waals surface area (Å²) in [5, 5.41) is 1.09. The molecule has 0 fully saturated rings. The first-order valence-corrected chi connectivity index (χ1v) is 7.51. The van der Waals surface area contributed by atoms with Crippen LogP contribution in [0.2, 0.25) is 0 Å². The molecule has 0 N–H and O–H groups in total. The van der Waals surface area contributed by atoms with Gasteiger partial charge in [0.2, 0.25) is 0 Å². The number of rotatable bonds is 5. The van der Waals surface area contributed by atoms with Crippen molar-refractivity contribution >= 4 is 10.9 Å². The minimum Gasteiger partial charge on any atom is -0.308 e. The zero-order valence-electron chi connectivity index (χ0n) is 13.7. The van der Waals surface area contributed by atoms with Gasteiger partial charge in [-0.1, -0.05) is 39.0 Å². The lowest BCUT2D eigenvalue weighted by atomic mass is 9.84. The minimum absolute atomic E-state index is 0.0978. The SMILES string of the molecule is CCC(C)(C)c1nc(=O)n(CCN(C)C)c2ccccc12. The highest BCUT2D eigenvalue weighted by Gasteiger charge is 2.24. The number of para-hydroxylation sites is 1. The largest absolute Gasteiger partial charge is 0.348 e. The summed E-state index contributed by atoms with van der Waals surface area (Å²) in [6.45, 7) is 7.90. The van der Waals surface area contributed by atoms with E-state index >= 15 is 0 Å². The van der Waals surface area contributed by atoms with Gasteiger partial charge in [-0.2, -0.15) is 4.98 Å². The van der Waals surface area contributed by atoms with E-state index in [4.69, 9.17) is 0 Å². The zero-order chi connectivity index (χ0) is 15.6. The van der Waals surface area contributed by atoms with Gasteiger partial charge in [0, 0.05) is 23.9 Å². The molecular weight excluding hydrogens is 262 g/mol. The molecule has 0 amide bonds. The smallest absolute Gasteiger partial charge is 0.308 e. The monoisotopic (exact) mass is 287 g/mol. The van der Waals surface area contributed by atoms with Crippen LogP contribution in [0.15, 0.2) is 29.1 Å². The molecule has 4 nitrogen and oxygen atoms in total. The van der Waals surface area contributed by atoms with Gasteiger partial charge >= 0.3 is 5.69 Å². The number of fused-ring (bicyclic) bond motifs is 1. The van der Waals surface area contributed by atoms with Crippen molar-refractivity contribution in [2.24, 2.45) is 0 Å². The third kappa shape index (κ3) is 3.16. The number of hydrogen-bond acceptors (Lipinski definition) is 3. The van der Waals surface area contributed by atoms with Crippen LogP contribution >= 0.6 is 0 Å². The first-order chi connectivity index (χ1) is 9.86. The Hall–Kier alpha value is -1.68. The van der Waals surface area contributed by atoms with Crippen molar-refractivity contribution in [2.45, 2.75) is 39.2 Å². The Labute approximate surface area is 126 Å². The average Bonchev–Trinajstić information content (AvgIpc) is 2.45. The molecule has 0 atom stereocenters. The summed E-state index contributed by atoms with van der Waals surface area (Å²) in [5.74, 6) is 0. The normalized spacial score (nSPS) is 12.3. The van der Waals surface area contributed by atoms with Gasteiger partial charge in [-0.15, -0.1) is 0 Å². The maximum absolute atomic E-state index is 12.5. The Morgan fingerprint density at radius 1 is 1.24 bits per heavy atom. The topological polar surface area (TPSA) is 38.1 Å². The Morgan fingerprint density at radius 3 is 2.52 bits per heavy atom. The molecule has 1 aromatic heterocycles. The minimum atomic E-state index is -0.146. The number of likely N-dealkylation sites (N-methyl/N-ethyl adjacent to an activating group) is 1. The lowest BCUT2D eigenvalue weighted by Gasteiger charge is -2.24. The summed E-state index contributed by atoms with van der Waals surface area (Å²) in [6.07, 6.45) is 0.950. The van der Waals surface area contributed by atoms with E-state index in [9.17, 15) is 4.79 Å². The fourth-order valence-electron chi connectivity index (χ4n) is 2.43. The van der Waals surface area contributed by atoms with Crippen LogP contribution in [-0.4, -0.2) is 35.1 Å². The van der Waals surface area contributed by atoms with Crippen LogP contribution in [0.4, 0.5) is 0 Å². The molecule has 2 rings (SSSR count). The van der Waals surface area contributed by atoms with Crippen LogP contribution in [0.3, 0.4) is 0 Å². The van der Waals surface area contributed by atoms with Gasteiger partial charge in [0.1, 0.15) is 0 Å². The summed E-state index contributed by atoms with van der Waals surface area (Å²) in [6, 6.07) is 8.08. The van der Waals surface area contributed by atoms with E-state index in [0.29, 0.717) is 6.54 Å². The van der Waals surface area contributed by atoms with Crippen LogP contribution in [0, 0.1) is 0 Å². The second kappa shape index (κ2) is 5.98. The number of hydrogen-bond donors (Lipinski definition) is 0. The highest BCUT2D eigenvalue weighted by Crippen LogP contribution is 2.29. The number of aromatic nitrogens is 2. The van der Waals surface area contributed by atoms with Gasteiger partial charge in [-0.05, 0) is 26.6 Å². The highest BCUT2D eigenvalue weighted by molar-refractivity contribution is 5.82. The lowest BCUT2D eigenvalue weighted by Crippen LogP contribution is -2.32. The van der Waals surface area contributed by atoms with Crippen LogP contribution < -0.4 is 5.69 Å². The number of nitrogens with zero attached hydrogens (tertiary/aromatic N) is 3. The van der Waals surface area contributed by atoms with E-state index in [1.54, 1.807) is 4.57 Å². The molecule has 0 aliphatic carbocycles. The van der Waals surface area contributed by atoms with Gasteiger partial charge < -0.3 is 4.90 Å².